The van der Waals surface area contributed by atoms with Crippen molar-refractivity contribution in [2.45, 2.75) is 26.2 Å². The smallest absolute Gasteiger partial charge is 0.226 e. The highest BCUT2D eigenvalue weighted by Gasteiger charge is 2.12. The molecule has 1 heterocycles. The number of nitrogens with two attached hydrogens (primary N) is 1. The van der Waals surface area contributed by atoms with Crippen LogP contribution in [-0.2, 0) is 12.8 Å². The minimum atomic E-state index is 0.407. The number of nitrogens with zero attached hydrogens (tertiary/aromatic N) is 2. The van der Waals surface area contributed by atoms with E-state index in [0.717, 1.165) is 24.2 Å². The first-order valence-electron chi connectivity index (χ1n) is 6.89. The Hall–Kier alpha value is -1.88. The maximum atomic E-state index is 5.69. The Morgan fingerprint density at radius 3 is 2.65 bits per heavy atom. The predicted molar refractivity (Wildman–Crippen MR) is 76.6 cm³/mol. The Morgan fingerprint density at radius 2 is 2.05 bits per heavy atom. The molecule has 1 atom stereocenters. The molecular formula is C15H21N3O2. The molecule has 0 aliphatic carbocycles. The van der Waals surface area contributed by atoms with E-state index in [9.17, 15) is 0 Å². The van der Waals surface area contributed by atoms with Crippen LogP contribution in [0.4, 0.5) is 0 Å². The molecule has 20 heavy (non-hydrogen) atoms. The molecule has 0 aliphatic heterocycles. The fourth-order valence-electron chi connectivity index (χ4n) is 2.01. The summed E-state index contributed by atoms with van der Waals surface area (Å²) in [5, 5.41) is 4.02. The van der Waals surface area contributed by atoms with Gasteiger partial charge in [-0.25, -0.2) is 0 Å². The molecule has 0 aliphatic rings. The zero-order valence-electron chi connectivity index (χ0n) is 12.0. The first-order chi connectivity index (χ1) is 9.75. The van der Waals surface area contributed by atoms with Gasteiger partial charge in [0.1, 0.15) is 5.75 Å². The first kappa shape index (κ1) is 14.5. The lowest BCUT2D eigenvalue weighted by molar-refractivity contribution is 0.347. The molecule has 2 rings (SSSR count). The summed E-state index contributed by atoms with van der Waals surface area (Å²) in [4.78, 5) is 4.42. The van der Waals surface area contributed by atoms with E-state index in [2.05, 4.69) is 17.1 Å². The molecule has 0 fully saturated rings. The van der Waals surface area contributed by atoms with E-state index in [1.165, 1.54) is 0 Å². The number of aromatic nitrogens is 2. The highest BCUT2D eigenvalue weighted by Crippen LogP contribution is 2.15. The lowest BCUT2D eigenvalue weighted by Gasteiger charge is -2.07. The number of hydrogen-bond donors (Lipinski definition) is 1. The van der Waals surface area contributed by atoms with Crippen molar-refractivity contribution < 1.29 is 9.26 Å². The minimum absolute atomic E-state index is 0.407. The van der Waals surface area contributed by atoms with Crippen LogP contribution in [0.3, 0.4) is 0 Å². The number of ether oxygens (including phenoxy) is 1. The lowest BCUT2D eigenvalue weighted by atomic mass is 10.0. The Bertz CT molecular complexity index is 518. The van der Waals surface area contributed by atoms with Crippen molar-refractivity contribution in [1.82, 2.24) is 10.1 Å². The Labute approximate surface area is 119 Å². The van der Waals surface area contributed by atoms with E-state index in [1.807, 2.05) is 24.3 Å². The lowest BCUT2D eigenvalue weighted by Crippen LogP contribution is -2.16. The Balaban J connectivity index is 1.97. The SMILES string of the molecule is CCC(CN)Cc1nc(Cc2ccc(OC)cc2)no1. The van der Waals surface area contributed by atoms with Crippen LogP contribution in [0.5, 0.6) is 5.75 Å². The Kier molecular flexibility index (Phi) is 5.12. The standard InChI is InChI=1S/C15H21N3O2/c1-3-11(10-16)9-15-17-14(18-20-15)8-12-4-6-13(19-2)7-5-12/h4-7,11H,3,8-10,16H2,1-2H3. The van der Waals surface area contributed by atoms with Crippen molar-refractivity contribution in [1.29, 1.82) is 0 Å². The van der Waals surface area contributed by atoms with E-state index in [0.29, 0.717) is 30.6 Å². The largest absolute Gasteiger partial charge is 0.497 e. The van der Waals surface area contributed by atoms with E-state index >= 15 is 0 Å². The quantitative estimate of drug-likeness (QED) is 0.838. The van der Waals surface area contributed by atoms with E-state index in [1.54, 1.807) is 7.11 Å². The van der Waals surface area contributed by atoms with Crippen molar-refractivity contribution in [2.24, 2.45) is 11.7 Å². The molecule has 0 spiro atoms. The summed E-state index contributed by atoms with van der Waals surface area (Å²) in [6, 6.07) is 7.86. The van der Waals surface area contributed by atoms with Crippen LogP contribution in [0.15, 0.2) is 28.8 Å². The van der Waals surface area contributed by atoms with Gasteiger partial charge in [-0.3, -0.25) is 0 Å². The molecule has 2 aromatic rings. The second kappa shape index (κ2) is 7.05. The van der Waals surface area contributed by atoms with Crippen LogP contribution in [0, 0.1) is 5.92 Å². The molecular weight excluding hydrogens is 254 g/mol. The van der Waals surface area contributed by atoms with Gasteiger partial charge in [0.05, 0.1) is 7.11 Å². The summed E-state index contributed by atoms with van der Waals surface area (Å²) in [6.45, 7) is 2.76. The van der Waals surface area contributed by atoms with Gasteiger partial charge in [0, 0.05) is 12.8 Å². The maximum Gasteiger partial charge on any atom is 0.226 e. The van der Waals surface area contributed by atoms with Gasteiger partial charge in [0.2, 0.25) is 5.89 Å². The molecule has 2 N–H and O–H groups in total. The second-order valence-electron chi connectivity index (χ2n) is 4.84. The summed E-state index contributed by atoms with van der Waals surface area (Å²) in [6.07, 6.45) is 2.43. The van der Waals surface area contributed by atoms with E-state index in [4.69, 9.17) is 15.0 Å². The highest BCUT2D eigenvalue weighted by molar-refractivity contribution is 5.28. The third kappa shape index (κ3) is 3.81. The molecule has 0 saturated carbocycles. The van der Waals surface area contributed by atoms with Crippen molar-refractivity contribution in [3.8, 4) is 5.75 Å². The van der Waals surface area contributed by atoms with Crippen LogP contribution >= 0.6 is 0 Å². The van der Waals surface area contributed by atoms with Gasteiger partial charge in [-0.1, -0.05) is 30.6 Å². The molecule has 1 aromatic heterocycles. The van der Waals surface area contributed by atoms with Crippen LogP contribution in [0.1, 0.15) is 30.6 Å². The summed E-state index contributed by atoms with van der Waals surface area (Å²) in [7, 11) is 1.65. The van der Waals surface area contributed by atoms with Crippen molar-refractivity contribution in [3.63, 3.8) is 0 Å². The third-order valence-electron chi connectivity index (χ3n) is 3.41. The molecule has 0 saturated heterocycles. The van der Waals surface area contributed by atoms with Crippen molar-refractivity contribution in [2.75, 3.05) is 13.7 Å². The van der Waals surface area contributed by atoms with Gasteiger partial charge in [-0.15, -0.1) is 0 Å². The average Bonchev–Trinajstić information content (AvgIpc) is 2.92. The van der Waals surface area contributed by atoms with Crippen LogP contribution in [-0.4, -0.2) is 23.8 Å². The van der Waals surface area contributed by atoms with Crippen LogP contribution in [0.25, 0.3) is 0 Å². The molecule has 0 radical (unpaired) electrons. The van der Waals surface area contributed by atoms with Gasteiger partial charge in [0.15, 0.2) is 5.82 Å². The fraction of sp³-hybridized carbons (Fsp3) is 0.467. The molecule has 0 bridgehead atoms. The number of hydrogen-bond acceptors (Lipinski definition) is 5. The molecule has 108 valence electrons. The summed E-state index contributed by atoms with van der Waals surface area (Å²) in [5.74, 6) is 2.63. The van der Waals surface area contributed by atoms with Gasteiger partial charge < -0.3 is 15.0 Å². The van der Waals surface area contributed by atoms with Crippen molar-refractivity contribution >= 4 is 0 Å². The van der Waals surface area contributed by atoms with E-state index in [-0.39, 0.29) is 0 Å². The first-order valence-corrected chi connectivity index (χ1v) is 6.89. The third-order valence-corrected chi connectivity index (χ3v) is 3.41. The minimum Gasteiger partial charge on any atom is -0.497 e. The van der Waals surface area contributed by atoms with Gasteiger partial charge in [-0.2, -0.15) is 4.98 Å². The monoisotopic (exact) mass is 275 g/mol. The van der Waals surface area contributed by atoms with Gasteiger partial charge in [-0.05, 0) is 30.2 Å². The number of rotatable bonds is 7. The van der Waals surface area contributed by atoms with E-state index < -0.39 is 0 Å². The zero-order chi connectivity index (χ0) is 14.4. The van der Waals surface area contributed by atoms with Gasteiger partial charge >= 0.3 is 0 Å². The normalized spacial score (nSPS) is 12.3. The summed E-state index contributed by atoms with van der Waals surface area (Å²) in [5.41, 5.74) is 6.82. The van der Waals surface area contributed by atoms with Crippen LogP contribution < -0.4 is 10.5 Å². The molecule has 1 aromatic carbocycles. The average molecular weight is 275 g/mol. The Morgan fingerprint density at radius 1 is 1.30 bits per heavy atom. The summed E-state index contributed by atoms with van der Waals surface area (Å²) < 4.78 is 10.4. The molecule has 1 unspecified atom stereocenters. The predicted octanol–water partition coefficient (Wildman–Crippen LogP) is 2.20. The molecule has 0 amide bonds. The molecule has 5 nitrogen and oxygen atoms in total. The number of benzene rings is 1. The highest BCUT2D eigenvalue weighted by atomic mass is 16.5. The zero-order valence-corrected chi connectivity index (χ0v) is 12.0. The number of methoxy groups -OCH3 is 1. The topological polar surface area (TPSA) is 74.2 Å². The second-order valence-corrected chi connectivity index (χ2v) is 4.84. The van der Waals surface area contributed by atoms with Gasteiger partial charge in [0.25, 0.3) is 0 Å². The molecule has 5 heteroatoms. The van der Waals surface area contributed by atoms with Crippen LogP contribution in [0.2, 0.25) is 0 Å². The maximum absolute atomic E-state index is 5.69. The summed E-state index contributed by atoms with van der Waals surface area (Å²) >= 11 is 0. The van der Waals surface area contributed by atoms with Crippen molar-refractivity contribution in [3.05, 3.63) is 41.5 Å². The fourth-order valence-corrected chi connectivity index (χ4v) is 2.01.